The van der Waals surface area contributed by atoms with Crippen molar-refractivity contribution in [2.45, 2.75) is 23.8 Å². The van der Waals surface area contributed by atoms with Gasteiger partial charge in [0.05, 0.1) is 35.0 Å². The van der Waals surface area contributed by atoms with E-state index in [4.69, 9.17) is 9.47 Å². The molecular weight excluding hydrogens is 514 g/mol. The lowest BCUT2D eigenvalue weighted by Crippen LogP contribution is -2.47. The van der Waals surface area contributed by atoms with Gasteiger partial charge >= 0.3 is 0 Å². The number of para-hydroxylation sites is 2. The number of nitrogens with zero attached hydrogens (tertiary/aromatic N) is 2. The third-order valence-electron chi connectivity index (χ3n) is 7.43. The van der Waals surface area contributed by atoms with Gasteiger partial charge < -0.3 is 19.7 Å². The molecule has 0 spiro atoms. The molecule has 9 heteroatoms. The number of fused-ring (bicyclic) bond motifs is 2. The number of thioether (sulfide) groups is 1. The van der Waals surface area contributed by atoms with E-state index >= 15 is 0 Å². The van der Waals surface area contributed by atoms with Gasteiger partial charge in [0.15, 0.2) is 11.5 Å². The topological polar surface area (TPSA) is 88.2 Å². The second kappa shape index (κ2) is 10.6. The third kappa shape index (κ3) is 4.83. The van der Waals surface area contributed by atoms with Crippen molar-refractivity contribution >= 4 is 40.9 Å². The zero-order chi connectivity index (χ0) is 26.9. The fourth-order valence-electron chi connectivity index (χ4n) is 5.43. The summed E-state index contributed by atoms with van der Waals surface area (Å²) in [6.45, 7) is 1.90. The summed E-state index contributed by atoms with van der Waals surface area (Å²) in [6.07, 6.45) is 3.27. The SMILES string of the molecule is CSc1ccc(N2C(=O)c3cccc(N4CCC[C@@H](C(=O)NC[C@@H]5COc6ccccc6O5)C4)c3C2=O)cc1. The van der Waals surface area contributed by atoms with E-state index in [9.17, 15) is 14.4 Å². The molecule has 3 aromatic carbocycles. The van der Waals surface area contributed by atoms with E-state index < -0.39 is 0 Å². The molecule has 200 valence electrons. The molecule has 0 aliphatic carbocycles. The average molecular weight is 544 g/mol. The molecule has 3 aromatic rings. The summed E-state index contributed by atoms with van der Waals surface area (Å²) in [4.78, 5) is 44.4. The van der Waals surface area contributed by atoms with E-state index in [0.717, 1.165) is 17.7 Å². The Labute approximate surface area is 231 Å². The van der Waals surface area contributed by atoms with Gasteiger partial charge in [-0.3, -0.25) is 14.4 Å². The lowest BCUT2D eigenvalue weighted by Gasteiger charge is -2.35. The van der Waals surface area contributed by atoms with Crippen molar-refractivity contribution in [2.24, 2.45) is 5.92 Å². The Hall–Kier alpha value is -3.98. The molecule has 1 fully saturated rings. The molecule has 0 saturated carbocycles. The molecule has 3 amide bonds. The van der Waals surface area contributed by atoms with Crippen molar-refractivity contribution in [2.75, 3.05) is 42.3 Å². The van der Waals surface area contributed by atoms with E-state index in [1.54, 1.807) is 30.0 Å². The van der Waals surface area contributed by atoms with Crippen LogP contribution in [0.2, 0.25) is 0 Å². The monoisotopic (exact) mass is 543 g/mol. The highest BCUT2D eigenvalue weighted by Gasteiger charge is 2.40. The largest absolute Gasteiger partial charge is 0.486 e. The Bertz CT molecular complexity index is 1430. The zero-order valence-corrected chi connectivity index (χ0v) is 22.4. The molecule has 6 rings (SSSR count). The van der Waals surface area contributed by atoms with Gasteiger partial charge in [-0.05, 0) is 67.6 Å². The predicted molar refractivity (Wildman–Crippen MR) is 150 cm³/mol. The summed E-state index contributed by atoms with van der Waals surface area (Å²) in [6, 6.07) is 20.3. The van der Waals surface area contributed by atoms with Crippen LogP contribution in [0.15, 0.2) is 71.6 Å². The molecule has 3 aliphatic rings. The lowest BCUT2D eigenvalue weighted by molar-refractivity contribution is -0.125. The highest BCUT2D eigenvalue weighted by Crippen LogP contribution is 2.37. The number of carbonyl (C=O) groups is 3. The van der Waals surface area contributed by atoms with E-state index in [1.165, 1.54) is 4.90 Å². The minimum atomic E-state index is -0.330. The highest BCUT2D eigenvalue weighted by molar-refractivity contribution is 7.98. The Morgan fingerprint density at radius 3 is 2.59 bits per heavy atom. The van der Waals surface area contributed by atoms with Gasteiger partial charge in [0.2, 0.25) is 5.91 Å². The summed E-state index contributed by atoms with van der Waals surface area (Å²) in [5.41, 5.74) is 2.06. The van der Waals surface area contributed by atoms with Crippen LogP contribution in [0.3, 0.4) is 0 Å². The molecule has 3 aliphatic heterocycles. The number of piperidine rings is 1. The quantitative estimate of drug-likeness (QED) is 0.365. The maximum atomic E-state index is 13.6. The molecule has 0 bridgehead atoms. The molecule has 3 heterocycles. The number of amides is 3. The van der Waals surface area contributed by atoms with Crippen LogP contribution < -0.4 is 24.6 Å². The van der Waals surface area contributed by atoms with Crippen LogP contribution in [-0.4, -0.2) is 56.3 Å². The molecule has 1 saturated heterocycles. The maximum Gasteiger partial charge on any atom is 0.268 e. The van der Waals surface area contributed by atoms with Crippen LogP contribution in [0, 0.1) is 5.92 Å². The molecular formula is C30H29N3O5S. The fourth-order valence-corrected chi connectivity index (χ4v) is 5.84. The van der Waals surface area contributed by atoms with E-state index in [2.05, 4.69) is 10.2 Å². The predicted octanol–water partition coefficient (Wildman–Crippen LogP) is 4.38. The van der Waals surface area contributed by atoms with Gasteiger partial charge in [-0.15, -0.1) is 11.8 Å². The summed E-state index contributed by atoms with van der Waals surface area (Å²) < 4.78 is 11.7. The Morgan fingerprint density at radius 2 is 1.79 bits per heavy atom. The second-order valence-electron chi connectivity index (χ2n) is 9.87. The average Bonchev–Trinajstić information content (AvgIpc) is 3.25. The van der Waals surface area contributed by atoms with Crippen LogP contribution in [0.25, 0.3) is 0 Å². The Balaban J connectivity index is 1.14. The molecule has 0 unspecified atom stereocenters. The number of nitrogens with one attached hydrogen (secondary N) is 1. The fraction of sp³-hybridized carbons (Fsp3) is 0.300. The van der Waals surface area contributed by atoms with Crippen LogP contribution >= 0.6 is 11.8 Å². The van der Waals surface area contributed by atoms with Crippen molar-refractivity contribution in [3.8, 4) is 11.5 Å². The van der Waals surface area contributed by atoms with Gasteiger partial charge in [-0.25, -0.2) is 4.90 Å². The first kappa shape index (κ1) is 25.3. The van der Waals surface area contributed by atoms with Crippen molar-refractivity contribution in [1.29, 1.82) is 0 Å². The van der Waals surface area contributed by atoms with Crippen molar-refractivity contribution in [3.63, 3.8) is 0 Å². The number of ether oxygens (including phenoxy) is 2. The normalized spacial score (nSPS) is 20.1. The highest BCUT2D eigenvalue weighted by atomic mass is 32.2. The molecule has 8 nitrogen and oxygen atoms in total. The molecule has 0 aromatic heterocycles. The molecule has 1 N–H and O–H groups in total. The second-order valence-corrected chi connectivity index (χ2v) is 10.8. The first-order chi connectivity index (χ1) is 19.0. The Kier molecular flexibility index (Phi) is 6.91. The van der Waals surface area contributed by atoms with Gasteiger partial charge in [0.1, 0.15) is 12.7 Å². The zero-order valence-electron chi connectivity index (χ0n) is 21.6. The lowest BCUT2D eigenvalue weighted by atomic mass is 9.95. The molecule has 39 heavy (non-hydrogen) atoms. The number of hydrogen-bond donors (Lipinski definition) is 1. The van der Waals surface area contributed by atoms with Crippen molar-refractivity contribution in [1.82, 2.24) is 5.32 Å². The number of anilines is 2. The maximum absolute atomic E-state index is 13.6. The molecule has 0 radical (unpaired) electrons. The minimum absolute atomic E-state index is 0.0485. The van der Waals surface area contributed by atoms with Gasteiger partial charge in [-0.2, -0.15) is 0 Å². The number of carbonyl (C=O) groups excluding carboxylic acids is 3. The van der Waals surface area contributed by atoms with Crippen molar-refractivity contribution < 1.29 is 23.9 Å². The van der Waals surface area contributed by atoms with Gasteiger partial charge in [0.25, 0.3) is 11.8 Å². The van der Waals surface area contributed by atoms with Gasteiger partial charge in [-0.1, -0.05) is 18.2 Å². The van der Waals surface area contributed by atoms with Crippen LogP contribution in [-0.2, 0) is 4.79 Å². The van der Waals surface area contributed by atoms with Crippen molar-refractivity contribution in [3.05, 3.63) is 77.9 Å². The summed E-state index contributed by atoms with van der Waals surface area (Å²) in [5.74, 6) is 0.446. The third-order valence-corrected chi connectivity index (χ3v) is 8.17. The number of rotatable bonds is 6. The standard InChI is InChI=1S/C30H29N3O5S/c1-39-22-13-11-20(12-14-22)33-29(35)23-7-4-8-24(27(23)30(33)36)32-15-5-6-19(17-32)28(34)31-16-21-18-37-25-9-2-3-10-26(25)38-21/h2-4,7-14,19,21H,5-6,15-18H2,1H3,(H,31,34)/t19-,21-/m1/s1. The molecule has 2 atom stereocenters. The smallest absolute Gasteiger partial charge is 0.268 e. The number of benzene rings is 3. The number of hydrogen-bond acceptors (Lipinski definition) is 7. The van der Waals surface area contributed by atoms with Crippen LogP contribution in [0.1, 0.15) is 33.6 Å². The number of imide groups is 1. The first-order valence-corrected chi connectivity index (χ1v) is 14.3. The van der Waals surface area contributed by atoms with Crippen LogP contribution in [0.5, 0.6) is 11.5 Å². The van der Waals surface area contributed by atoms with Crippen LogP contribution in [0.4, 0.5) is 11.4 Å². The van der Waals surface area contributed by atoms with E-state index in [1.807, 2.05) is 54.8 Å². The van der Waals surface area contributed by atoms with E-state index in [-0.39, 0.29) is 29.7 Å². The van der Waals surface area contributed by atoms with Gasteiger partial charge in [0, 0.05) is 18.0 Å². The summed E-state index contributed by atoms with van der Waals surface area (Å²) in [5, 5.41) is 3.03. The summed E-state index contributed by atoms with van der Waals surface area (Å²) in [7, 11) is 0. The minimum Gasteiger partial charge on any atom is -0.486 e. The Morgan fingerprint density at radius 1 is 1.00 bits per heavy atom. The van der Waals surface area contributed by atoms with E-state index in [0.29, 0.717) is 60.2 Å². The summed E-state index contributed by atoms with van der Waals surface area (Å²) >= 11 is 1.60. The first-order valence-electron chi connectivity index (χ1n) is 13.1.